The highest BCUT2D eigenvalue weighted by molar-refractivity contribution is 5.75. The number of rotatable bonds is 3. The normalized spacial score (nSPS) is 12.1. The third kappa shape index (κ3) is 2.92. The van der Waals surface area contributed by atoms with Gasteiger partial charge >= 0.3 is 0 Å². The summed E-state index contributed by atoms with van der Waals surface area (Å²) < 4.78 is 5.94. The summed E-state index contributed by atoms with van der Waals surface area (Å²) in [4.78, 5) is 9.26. The third-order valence-corrected chi connectivity index (χ3v) is 3.90. The molecule has 0 fully saturated rings. The Labute approximate surface area is 139 Å². The zero-order chi connectivity index (χ0) is 16.4. The second-order valence-corrected chi connectivity index (χ2v) is 5.65. The molecule has 1 aliphatic carbocycles. The maximum Gasteiger partial charge on any atom is 0.155 e. The molecule has 0 atom stereocenters. The predicted octanol–water partition coefficient (Wildman–Crippen LogP) is 3.67. The van der Waals surface area contributed by atoms with E-state index in [1.807, 2.05) is 54.6 Å². The summed E-state index contributed by atoms with van der Waals surface area (Å²) in [7, 11) is 0. The first-order valence-electron chi connectivity index (χ1n) is 7.95. The van der Waals surface area contributed by atoms with Gasteiger partial charge in [0, 0.05) is 6.07 Å². The van der Waals surface area contributed by atoms with E-state index in [1.165, 1.54) is 5.56 Å². The summed E-state index contributed by atoms with van der Waals surface area (Å²) in [6, 6.07) is 21.7. The summed E-state index contributed by atoms with van der Waals surface area (Å²) >= 11 is 0. The fourth-order valence-electron chi connectivity index (χ4n) is 2.68. The minimum atomic E-state index is 0.656. The monoisotopic (exact) mass is 315 g/mol. The molecule has 0 saturated heterocycles. The molecule has 4 heteroatoms. The number of hydrogen-bond acceptors (Lipinski definition) is 4. The lowest BCUT2D eigenvalue weighted by atomic mass is 10.1. The SMILES string of the molecule is NCCc1ccc(N=c2ccc3nc4ccccc4oc-3c2)cc1. The molecule has 0 aromatic heterocycles. The molecule has 2 N–H and O–H groups in total. The van der Waals surface area contributed by atoms with Gasteiger partial charge in [0.1, 0.15) is 11.2 Å². The number of hydrogen-bond donors (Lipinski definition) is 1. The number of nitrogens with two attached hydrogens (primary N) is 1. The number of nitrogens with zero attached hydrogens (tertiary/aromatic N) is 2. The Morgan fingerprint density at radius 2 is 1.79 bits per heavy atom. The highest BCUT2D eigenvalue weighted by atomic mass is 16.3. The molecular formula is C20H17N3O. The molecule has 0 spiro atoms. The van der Waals surface area contributed by atoms with E-state index >= 15 is 0 Å². The van der Waals surface area contributed by atoms with Crippen LogP contribution in [0.4, 0.5) is 5.69 Å². The minimum absolute atomic E-state index is 0.656. The van der Waals surface area contributed by atoms with Gasteiger partial charge in [0.15, 0.2) is 11.3 Å². The fourth-order valence-corrected chi connectivity index (χ4v) is 2.68. The van der Waals surface area contributed by atoms with Crippen LogP contribution in [0.2, 0.25) is 0 Å². The van der Waals surface area contributed by atoms with Gasteiger partial charge in [-0.05, 0) is 54.9 Å². The van der Waals surface area contributed by atoms with Crippen LogP contribution in [0, 0.1) is 0 Å². The predicted molar refractivity (Wildman–Crippen MR) is 95.1 cm³/mol. The molecule has 2 aromatic carbocycles. The lowest BCUT2D eigenvalue weighted by Gasteiger charge is -2.05. The van der Waals surface area contributed by atoms with Crippen LogP contribution in [0.5, 0.6) is 0 Å². The van der Waals surface area contributed by atoms with Gasteiger partial charge in [-0.2, -0.15) is 0 Å². The molecule has 4 nitrogen and oxygen atoms in total. The molecule has 1 heterocycles. The van der Waals surface area contributed by atoms with Crippen LogP contribution in [0.1, 0.15) is 5.56 Å². The summed E-state index contributed by atoms with van der Waals surface area (Å²) in [6.45, 7) is 0.656. The van der Waals surface area contributed by atoms with Crippen LogP contribution in [0.25, 0.3) is 22.6 Å². The number of para-hydroxylation sites is 2. The van der Waals surface area contributed by atoms with Crippen molar-refractivity contribution < 1.29 is 4.42 Å². The van der Waals surface area contributed by atoms with Crippen LogP contribution in [0.15, 0.2) is 76.1 Å². The van der Waals surface area contributed by atoms with E-state index in [4.69, 9.17) is 10.2 Å². The van der Waals surface area contributed by atoms with E-state index in [2.05, 4.69) is 22.1 Å². The van der Waals surface area contributed by atoms with E-state index in [9.17, 15) is 0 Å². The van der Waals surface area contributed by atoms with Crippen LogP contribution in [-0.2, 0) is 6.42 Å². The summed E-state index contributed by atoms with van der Waals surface area (Å²) in [6.07, 6.45) is 0.883. The number of aromatic nitrogens is 1. The van der Waals surface area contributed by atoms with Crippen LogP contribution in [-0.4, -0.2) is 11.5 Å². The molecular weight excluding hydrogens is 298 g/mol. The maximum atomic E-state index is 5.94. The first-order chi connectivity index (χ1) is 11.8. The molecule has 4 rings (SSSR count). The molecule has 2 aliphatic rings. The van der Waals surface area contributed by atoms with Gasteiger partial charge in [0.2, 0.25) is 0 Å². The summed E-state index contributed by atoms with van der Waals surface area (Å²) in [5, 5.41) is 0.843. The Morgan fingerprint density at radius 3 is 2.62 bits per heavy atom. The molecule has 0 bridgehead atoms. The first kappa shape index (κ1) is 14.6. The highest BCUT2D eigenvalue weighted by Gasteiger charge is 2.07. The fraction of sp³-hybridized carbons (Fsp3) is 0.100. The Balaban J connectivity index is 1.76. The van der Waals surface area contributed by atoms with Crippen molar-refractivity contribution in [3.63, 3.8) is 0 Å². The highest BCUT2D eigenvalue weighted by Crippen LogP contribution is 2.23. The molecule has 0 radical (unpaired) electrons. The smallest absolute Gasteiger partial charge is 0.155 e. The van der Waals surface area contributed by atoms with Crippen molar-refractivity contribution in [2.75, 3.05) is 6.54 Å². The standard InChI is InChI=1S/C20H17N3O/c21-12-11-14-5-7-15(8-6-14)22-16-9-10-18-20(13-16)24-19-4-2-1-3-17(19)23-18/h1-10,13H,11-12,21H2. The van der Waals surface area contributed by atoms with Crippen molar-refractivity contribution in [3.05, 3.63) is 77.7 Å². The Kier molecular flexibility index (Phi) is 3.81. The van der Waals surface area contributed by atoms with Gasteiger partial charge in [0.05, 0.1) is 11.0 Å². The largest absolute Gasteiger partial charge is 0.453 e. The van der Waals surface area contributed by atoms with Crippen molar-refractivity contribution in [1.29, 1.82) is 0 Å². The molecule has 24 heavy (non-hydrogen) atoms. The van der Waals surface area contributed by atoms with E-state index in [0.717, 1.165) is 40.0 Å². The van der Waals surface area contributed by atoms with Crippen molar-refractivity contribution in [1.82, 2.24) is 4.98 Å². The van der Waals surface area contributed by atoms with Gasteiger partial charge in [-0.3, -0.25) is 0 Å². The third-order valence-electron chi connectivity index (χ3n) is 3.90. The topological polar surface area (TPSA) is 64.4 Å². The zero-order valence-corrected chi connectivity index (χ0v) is 13.1. The average molecular weight is 315 g/mol. The van der Waals surface area contributed by atoms with E-state index in [-0.39, 0.29) is 0 Å². The van der Waals surface area contributed by atoms with E-state index in [0.29, 0.717) is 6.54 Å². The summed E-state index contributed by atoms with van der Waals surface area (Å²) in [5.41, 5.74) is 10.2. The van der Waals surface area contributed by atoms with Crippen molar-refractivity contribution >= 4 is 16.8 Å². The second kappa shape index (κ2) is 6.26. The lowest BCUT2D eigenvalue weighted by molar-refractivity contribution is 0.612. The molecule has 0 saturated carbocycles. The Morgan fingerprint density at radius 1 is 0.958 bits per heavy atom. The van der Waals surface area contributed by atoms with Gasteiger partial charge in [-0.15, -0.1) is 0 Å². The van der Waals surface area contributed by atoms with Crippen molar-refractivity contribution in [3.8, 4) is 11.5 Å². The van der Waals surface area contributed by atoms with Gasteiger partial charge < -0.3 is 10.2 Å². The number of benzene rings is 3. The molecule has 2 aromatic rings. The zero-order valence-electron chi connectivity index (χ0n) is 13.1. The van der Waals surface area contributed by atoms with E-state index in [1.54, 1.807) is 0 Å². The van der Waals surface area contributed by atoms with Crippen molar-refractivity contribution in [2.45, 2.75) is 6.42 Å². The Bertz CT molecular complexity index is 1020. The molecule has 0 unspecified atom stereocenters. The van der Waals surface area contributed by atoms with Crippen LogP contribution in [0.3, 0.4) is 0 Å². The van der Waals surface area contributed by atoms with Gasteiger partial charge in [-0.25, -0.2) is 9.98 Å². The maximum absolute atomic E-state index is 5.94. The van der Waals surface area contributed by atoms with Gasteiger partial charge in [-0.1, -0.05) is 24.3 Å². The van der Waals surface area contributed by atoms with Crippen LogP contribution < -0.4 is 11.1 Å². The molecule has 118 valence electrons. The second-order valence-electron chi connectivity index (χ2n) is 5.65. The van der Waals surface area contributed by atoms with Crippen molar-refractivity contribution in [2.24, 2.45) is 10.7 Å². The first-order valence-corrected chi connectivity index (χ1v) is 7.95. The quantitative estimate of drug-likeness (QED) is 0.587. The van der Waals surface area contributed by atoms with E-state index < -0.39 is 0 Å². The summed E-state index contributed by atoms with van der Waals surface area (Å²) in [5.74, 6) is 0.731. The van der Waals surface area contributed by atoms with Gasteiger partial charge in [0.25, 0.3) is 0 Å². The number of fused-ring (bicyclic) bond motifs is 2. The van der Waals surface area contributed by atoms with Crippen LogP contribution >= 0.6 is 0 Å². The lowest BCUT2D eigenvalue weighted by Crippen LogP contribution is -2.03. The minimum Gasteiger partial charge on any atom is -0.453 e. The molecule has 1 aliphatic heterocycles. The average Bonchev–Trinajstić information content (AvgIpc) is 2.62. The molecule has 0 amide bonds. The Hall–Kier alpha value is -2.98.